The summed E-state index contributed by atoms with van der Waals surface area (Å²) in [6.07, 6.45) is 1.66. The lowest BCUT2D eigenvalue weighted by Crippen LogP contribution is -2.08. The molecule has 0 saturated heterocycles. The van der Waals surface area contributed by atoms with Crippen molar-refractivity contribution < 1.29 is 8.78 Å². The van der Waals surface area contributed by atoms with Crippen molar-refractivity contribution in [2.24, 2.45) is 0 Å². The van der Waals surface area contributed by atoms with E-state index < -0.39 is 11.6 Å². The van der Waals surface area contributed by atoms with Gasteiger partial charge in [0.25, 0.3) is 0 Å². The highest BCUT2D eigenvalue weighted by molar-refractivity contribution is 5.33. The van der Waals surface area contributed by atoms with Gasteiger partial charge in [-0.3, -0.25) is 0 Å². The first-order chi connectivity index (χ1) is 8.61. The molecule has 2 aromatic rings. The molecule has 0 radical (unpaired) electrons. The van der Waals surface area contributed by atoms with E-state index >= 15 is 0 Å². The second-order valence-electron chi connectivity index (χ2n) is 4.08. The van der Waals surface area contributed by atoms with Crippen molar-refractivity contribution in [3.8, 4) is 0 Å². The van der Waals surface area contributed by atoms with E-state index in [9.17, 15) is 8.78 Å². The molecule has 0 aliphatic heterocycles. The van der Waals surface area contributed by atoms with Crippen molar-refractivity contribution in [3.05, 3.63) is 41.1 Å². The minimum atomic E-state index is -0.863. The largest absolute Gasteiger partial charge is 0.381 e. The molecule has 18 heavy (non-hydrogen) atoms. The van der Waals surface area contributed by atoms with Crippen molar-refractivity contribution in [2.75, 3.05) is 5.73 Å². The topological polar surface area (TPSA) is 56.7 Å². The van der Waals surface area contributed by atoms with E-state index in [0.717, 1.165) is 30.7 Å². The first kappa shape index (κ1) is 12.5. The summed E-state index contributed by atoms with van der Waals surface area (Å²) in [7, 11) is 0. The molecular formula is C12H14F2N4. The Hall–Kier alpha value is -1.98. The Balaban J connectivity index is 2.25. The van der Waals surface area contributed by atoms with Gasteiger partial charge >= 0.3 is 0 Å². The van der Waals surface area contributed by atoms with Crippen LogP contribution in [0.5, 0.6) is 0 Å². The van der Waals surface area contributed by atoms with Crippen LogP contribution in [0.3, 0.4) is 0 Å². The van der Waals surface area contributed by atoms with Crippen LogP contribution in [-0.2, 0) is 13.0 Å². The zero-order valence-corrected chi connectivity index (χ0v) is 10.0. The zero-order valence-electron chi connectivity index (χ0n) is 10.0. The molecular weight excluding hydrogens is 238 g/mol. The van der Waals surface area contributed by atoms with E-state index in [1.54, 1.807) is 4.68 Å². The third-order valence-electron chi connectivity index (χ3n) is 2.67. The monoisotopic (exact) mass is 252 g/mol. The van der Waals surface area contributed by atoms with Gasteiger partial charge in [-0.1, -0.05) is 24.6 Å². The molecule has 1 aromatic heterocycles. The SMILES string of the molecule is CCCc1c(N)nnn1Cc1ccc(F)c(F)c1. The fourth-order valence-electron chi connectivity index (χ4n) is 1.78. The van der Waals surface area contributed by atoms with Crippen LogP contribution in [0.4, 0.5) is 14.6 Å². The molecule has 6 heteroatoms. The Morgan fingerprint density at radius 1 is 1.28 bits per heavy atom. The summed E-state index contributed by atoms with van der Waals surface area (Å²) >= 11 is 0. The van der Waals surface area contributed by atoms with Crippen LogP contribution in [0.1, 0.15) is 24.6 Å². The molecule has 0 fully saturated rings. The molecule has 0 saturated carbocycles. The van der Waals surface area contributed by atoms with Crippen LogP contribution in [0.25, 0.3) is 0 Å². The maximum Gasteiger partial charge on any atom is 0.169 e. The van der Waals surface area contributed by atoms with E-state index in [4.69, 9.17) is 5.73 Å². The summed E-state index contributed by atoms with van der Waals surface area (Å²) in [5.41, 5.74) is 7.15. The van der Waals surface area contributed by atoms with Crippen molar-refractivity contribution in [2.45, 2.75) is 26.3 Å². The number of nitrogens with two attached hydrogens (primary N) is 1. The summed E-state index contributed by atoms with van der Waals surface area (Å²) in [4.78, 5) is 0. The summed E-state index contributed by atoms with van der Waals surface area (Å²) in [5.74, 6) is -1.33. The number of nitrogens with zero attached hydrogens (tertiary/aromatic N) is 3. The lowest BCUT2D eigenvalue weighted by Gasteiger charge is -2.06. The van der Waals surface area contributed by atoms with Gasteiger partial charge in [0.1, 0.15) is 0 Å². The predicted octanol–water partition coefficient (Wildman–Crippen LogP) is 2.14. The van der Waals surface area contributed by atoms with Gasteiger partial charge in [-0.05, 0) is 24.1 Å². The summed E-state index contributed by atoms with van der Waals surface area (Å²) in [5, 5.41) is 7.70. The van der Waals surface area contributed by atoms with Gasteiger partial charge in [0.05, 0.1) is 12.2 Å². The maximum atomic E-state index is 13.1. The average molecular weight is 252 g/mol. The Kier molecular flexibility index (Phi) is 3.55. The molecule has 0 atom stereocenters. The number of benzene rings is 1. The molecule has 0 aliphatic rings. The smallest absolute Gasteiger partial charge is 0.169 e. The first-order valence-corrected chi connectivity index (χ1v) is 5.73. The summed E-state index contributed by atoms with van der Waals surface area (Å²) < 4.78 is 27.5. The highest BCUT2D eigenvalue weighted by Gasteiger charge is 2.10. The number of hydrogen-bond acceptors (Lipinski definition) is 3. The number of aromatic nitrogens is 3. The fourth-order valence-corrected chi connectivity index (χ4v) is 1.78. The molecule has 0 unspecified atom stereocenters. The molecule has 1 aromatic carbocycles. The Morgan fingerprint density at radius 2 is 2.06 bits per heavy atom. The number of halogens is 2. The van der Waals surface area contributed by atoms with Crippen molar-refractivity contribution >= 4 is 5.82 Å². The van der Waals surface area contributed by atoms with Crippen LogP contribution < -0.4 is 5.73 Å². The molecule has 1 heterocycles. The molecule has 96 valence electrons. The number of rotatable bonds is 4. The summed E-state index contributed by atoms with van der Waals surface area (Å²) in [6, 6.07) is 3.78. The van der Waals surface area contributed by atoms with E-state index in [1.165, 1.54) is 6.07 Å². The first-order valence-electron chi connectivity index (χ1n) is 5.73. The Bertz CT molecular complexity index is 551. The zero-order chi connectivity index (χ0) is 13.1. The predicted molar refractivity (Wildman–Crippen MR) is 63.9 cm³/mol. The average Bonchev–Trinajstić information content (AvgIpc) is 2.67. The van der Waals surface area contributed by atoms with Gasteiger partial charge in [-0.2, -0.15) is 0 Å². The molecule has 4 nitrogen and oxygen atoms in total. The van der Waals surface area contributed by atoms with Gasteiger partial charge < -0.3 is 5.73 Å². The summed E-state index contributed by atoms with van der Waals surface area (Å²) in [6.45, 7) is 2.35. The quantitative estimate of drug-likeness (QED) is 0.907. The third kappa shape index (κ3) is 2.47. The standard InChI is InChI=1S/C12H14F2N4/c1-2-3-11-12(15)16-17-18(11)7-8-4-5-9(13)10(14)6-8/h4-6H,2-3,7,15H2,1H3. The van der Waals surface area contributed by atoms with Gasteiger partial charge in [-0.15, -0.1) is 5.10 Å². The highest BCUT2D eigenvalue weighted by Crippen LogP contribution is 2.14. The molecule has 0 spiro atoms. The van der Waals surface area contributed by atoms with E-state index in [1.807, 2.05) is 6.92 Å². The fraction of sp³-hybridized carbons (Fsp3) is 0.333. The number of hydrogen-bond donors (Lipinski definition) is 1. The van der Waals surface area contributed by atoms with Crippen LogP contribution >= 0.6 is 0 Å². The Labute approximate surface area is 103 Å². The minimum absolute atomic E-state index is 0.330. The second kappa shape index (κ2) is 5.12. The lowest BCUT2D eigenvalue weighted by molar-refractivity contribution is 0.505. The number of anilines is 1. The van der Waals surface area contributed by atoms with E-state index in [2.05, 4.69) is 10.3 Å². The lowest BCUT2D eigenvalue weighted by atomic mass is 10.2. The van der Waals surface area contributed by atoms with Crippen molar-refractivity contribution in [3.63, 3.8) is 0 Å². The molecule has 2 rings (SSSR count). The third-order valence-corrected chi connectivity index (χ3v) is 2.67. The molecule has 0 amide bonds. The van der Waals surface area contributed by atoms with Gasteiger partial charge in [0.15, 0.2) is 17.5 Å². The minimum Gasteiger partial charge on any atom is -0.381 e. The van der Waals surface area contributed by atoms with Crippen molar-refractivity contribution in [1.29, 1.82) is 0 Å². The van der Waals surface area contributed by atoms with Gasteiger partial charge in [-0.25, -0.2) is 13.5 Å². The van der Waals surface area contributed by atoms with Crippen LogP contribution in [0.2, 0.25) is 0 Å². The molecule has 0 bridgehead atoms. The highest BCUT2D eigenvalue weighted by atomic mass is 19.2. The number of nitrogen functional groups attached to an aromatic ring is 1. The molecule has 0 aliphatic carbocycles. The van der Waals surface area contributed by atoms with Crippen LogP contribution in [-0.4, -0.2) is 15.0 Å². The van der Waals surface area contributed by atoms with Crippen molar-refractivity contribution in [1.82, 2.24) is 15.0 Å². The molecule has 2 N–H and O–H groups in total. The normalized spacial score (nSPS) is 10.8. The van der Waals surface area contributed by atoms with Gasteiger partial charge in [0, 0.05) is 0 Å². The van der Waals surface area contributed by atoms with E-state index in [-0.39, 0.29) is 0 Å². The second-order valence-corrected chi connectivity index (χ2v) is 4.08. The van der Waals surface area contributed by atoms with Crippen LogP contribution in [0.15, 0.2) is 18.2 Å². The Morgan fingerprint density at radius 3 is 2.72 bits per heavy atom. The van der Waals surface area contributed by atoms with Crippen LogP contribution in [0, 0.1) is 11.6 Å². The van der Waals surface area contributed by atoms with E-state index in [0.29, 0.717) is 17.9 Å². The van der Waals surface area contributed by atoms with Gasteiger partial charge in [0.2, 0.25) is 0 Å². The maximum absolute atomic E-state index is 13.1.